The van der Waals surface area contributed by atoms with Crippen LogP contribution in [-0.2, 0) is 13.2 Å². The first-order chi connectivity index (χ1) is 13.1. The number of rotatable bonds is 5. The lowest BCUT2D eigenvalue weighted by molar-refractivity contribution is 0.282. The van der Waals surface area contributed by atoms with Crippen molar-refractivity contribution in [1.29, 1.82) is 0 Å². The molecule has 1 N–H and O–H groups in total. The van der Waals surface area contributed by atoms with Gasteiger partial charge in [-0.1, -0.05) is 30.3 Å². The largest absolute Gasteiger partial charge is 0.392 e. The zero-order valence-corrected chi connectivity index (χ0v) is 14.7. The third-order valence-electron chi connectivity index (χ3n) is 4.38. The Labute approximate surface area is 155 Å². The van der Waals surface area contributed by atoms with E-state index in [0.717, 1.165) is 33.8 Å². The molecule has 27 heavy (non-hydrogen) atoms. The molecule has 0 bridgehead atoms. The second-order valence-corrected chi connectivity index (χ2v) is 6.31. The van der Waals surface area contributed by atoms with E-state index >= 15 is 0 Å². The minimum Gasteiger partial charge on any atom is -0.392 e. The summed E-state index contributed by atoms with van der Waals surface area (Å²) in [7, 11) is 1.92. The molecule has 136 valence electrons. The number of aliphatic hydroxyl groups excluding tert-OH is 1. The van der Waals surface area contributed by atoms with Gasteiger partial charge in [-0.2, -0.15) is 4.39 Å². The molecule has 0 atom stereocenters. The minimum absolute atomic E-state index is 0.0128. The summed E-state index contributed by atoms with van der Waals surface area (Å²) in [4.78, 5) is 10.1. The lowest BCUT2D eigenvalue weighted by Crippen LogP contribution is -2.19. The second-order valence-electron chi connectivity index (χ2n) is 6.31. The summed E-state index contributed by atoms with van der Waals surface area (Å²) in [5.74, 6) is 0.272. The molecule has 0 amide bonds. The van der Waals surface area contributed by atoms with Crippen molar-refractivity contribution in [2.24, 2.45) is 0 Å². The van der Waals surface area contributed by atoms with Gasteiger partial charge >= 0.3 is 0 Å². The Balaban J connectivity index is 1.65. The van der Waals surface area contributed by atoms with Crippen LogP contribution in [0.5, 0.6) is 0 Å². The van der Waals surface area contributed by atoms with Crippen LogP contribution in [0, 0.1) is 5.95 Å². The van der Waals surface area contributed by atoms with E-state index < -0.39 is 5.95 Å². The van der Waals surface area contributed by atoms with E-state index in [-0.39, 0.29) is 6.61 Å². The molecule has 0 aliphatic heterocycles. The normalized spacial score (nSPS) is 11.1. The van der Waals surface area contributed by atoms with Gasteiger partial charge in [-0.05, 0) is 29.3 Å². The van der Waals surface area contributed by atoms with Gasteiger partial charge in [-0.3, -0.25) is 0 Å². The number of pyridine rings is 1. The molecule has 3 heterocycles. The van der Waals surface area contributed by atoms with Gasteiger partial charge in [0.15, 0.2) is 5.65 Å². The minimum atomic E-state index is -0.490. The van der Waals surface area contributed by atoms with Crippen molar-refractivity contribution in [2.75, 3.05) is 11.9 Å². The summed E-state index contributed by atoms with van der Waals surface area (Å²) < 4.78 is 14.8. The number of anilines is 1. The van der Waals surface area contributed by atoms with Gasteiger partial charge in [0.1, 0.15) is 5.82 Å². The maximum Gasteiger partial charge on any atom is 0.212 e. The van der Waals surface area contributed by atoms with Crippen LogP contribution in [0.4, 0.5) is 10.2 Å². The Hall–Kier alpha value is -3.32. The highest BCUT2D eigenvalue weighted by molar-refractivity contribution is 5.64. The summed E-state index contributed by atoms with van der Waals surface area (Å²) in [5, 5.41) is 13.9. The smallest absolute Gasteiger partial charge is 0.212 e. The van der Waals surface area contributed by atoms with Crippen LogP contribution in [0.1, 0.15) is 11.1 Å². The molecular weight excluding hydrogens is 345 g/mol. The van der Waals surface area contributed by atoms with E-state index in [1.54, 1.807) is 16.8 Å². The molecule has 1 aromatic carbocycles. The molecular formula is C20H18FN5O. The number of fused-ring (bicyclic) bond motifs is 1. The highest BCUT2D eigenvalue weighted by atomic mass is 19.1. The predicted octanol–water partition coefficient (Wildman–Crippen LogP) is 3.06. The first-order valence-electron chi connectivity index (χ1n) is 8.50. The van der Waals surface area contributed by atoms with Gasteiger partial charge in [0.2, 0.25) is 5.95 Å². The second kappa shape index (κ2) is 7.13. The lowest BCUT2D eigenvalue weighted by atomic mass is 10.1. The number of hydrogen-bond donors (Lipinski definition) is 1. The molecule has 4 aromatic rings. The number of nitrogens with zero attached hydrogens (tertiary/aromatic N) is 5. The number of benzene rings is 1. The van der Waals surface area contributed by atoms with Crippen molar-refractivity contribution < 1.29 is 9.50 Å². The molecule has 0 aliphatic carbocycles. The quantitative estimate of drug-likeness (QED) is 0.552. The number of imidazole rings is 1. The average molecular weight is 363 g/mol. The fourth-order valence-corrected chi connectivity index (χ4v) is 2.90. The zero-order chi connectivity index (χ0) is 18.8. The van der Waals surface area contributed by atoms with Crippen molar-refractivity contribution in [3.8, 4) is 11.3 Å². The van der Waals surface area contributed by atoms with Crippen LogP contribution < -0.4 is 4.90 Å². The monoisotopic (exact) mass is 363 g/mol. The van der Waals surface area contributed by atoms with Gasteiger partial charge < -0.3 is 10.0 Å². The molecule has 0 unspecified atom stereocenters. The molecule has 0 aliphatic rings. The molecule has 6 nitrogen and oxygen atoms in total. The Morgan fingerprint density at radius 2 is 1.74 bits per heavy atom. The predicted molar refractivity (Wildman–Crippen MR) is 101 cm³/mol. The summed E-state index contributed by atoms with van der Waals surface area (Å²) in [6, 6.07) is 14.5. The maximum absolute atomic E-state index is 13.0. The summed E-state index contributed by atoms with van der Waals surface area (Å²) in [6.07, 6.45) is 3.31. The van der Waals surface area contributed by atoms with Gasteiger partial charge in [0.25, 0.3) is 0 Å². The summed E-state index contributed by atoms with van der Waals surface area (Å²) in [5.41, 5.74) is 4.33. The number of halogens is 1. The molecule has 3 aromatic heterocycles. The third kappa shape index (κ3) is 3.50. The Morgan fingerprint density at radius 3 is 2.44 bits per heavy atom. The van der Waals surface area contributed by atoms with Gasteiger partial charge in [-0.25, -0.2) is 14.5 Å². The number of aromatic nitrogens is 4. The van der Waals surface area contributed by atoms with Crippen LogP contribution in [0.3, 0.4) is 0 Å². The van der Waals surface area contributed by atoms with E-state index in [4.69, 9.17) is 5.10 Å². The Kier molecular flexibility index (Phi) is 4.52. The molecule has 4 rings (SSSR count). The fourth-order valence-electron chi connectivity index (χ4n) is 2.90. The van der Waals surface area contributed by atoms with Crippen molar-refractivity contribution >= 4 is 11.5 Å². The highest BCUT2D eigenvalue weighted by Gasteiger charge is 2.11. The molecule has 7 heteroatoms. The maximum atomic E-state index is 13.0. The van der Waals surface area contributed by atoms with Crippen molar-refractivity contribution in [3.05, 3.63) is 78.0 Å². The van der Waals surface area contributed by atoms with Crippen molar-refractivity contribution in [1.82, 2.24) is 19.6 Å². The van der Waals surface area contributed by atoms with Gasteiger partial charge in [-0.15, -0.1) is 5.10 Å². The fraction of sp³-hybridized carbons (Fsp3) is 0.150. The van der Waals surface area contributed by atoms with Crippen LogP contribution in [-0.4, -0.2) is 31.7 Å². The van der Waals surface area contributed by atoms with Crippen LogP contribution in [0.2, 0.25) is 0 Å². The first kappa shape index (κ1) is 17.1. The highest BCUT2D eigenvalue weighted by Crippen LogP contribution is 2.22. The molecule has 0 spiro atoms. The van der Waals surface area contributed by atoms with E-state index in [9.17, 15) is 9.50 Å². The average Bonchev–Trinajstić information content (AvgIpc) is 3.13. The zero-order valence-electron chi connectivity index (χ0n) is 14.7. The molecule has 0 saturated carbocycles. The Morgan fingerprint density at radius 1 is 0.963 bits per heavy atom. The van der Waals surface area contributed by atoms with Crippen molar-refractivity contribution in [3.63, 3.8) is 0 Å². The third-order valence-corrected chi connectivity index (χ3v) is 4.38. The van der Waals surface area contributed by atoms with E-state index in [0.29, 0.717) is 6.54 Å². The van der Waals surface area contributed by atoms with E-state index in [2.05, 4.69) is 9.97 Å². The van der Waals surface area contributed by atoms with Crippen molar-refractivity contribution in [2.45, 2.75) is 13.2 Å². The van der Waals surface area contributed by atoms with Gasteiger partial charge in [0, 0.05) is 25.4 Å². The Bertz CT molecular complexity index is 1060. The topological polar surface area (TPSA) is 66.5 Å². The van der Waals surface area contributed by atoms with Gasteiger partial charge in [0.05, 0.1) is 18.5 Å². The van der Waals surface area contributed by atoms with Crippen LogP contribution in [0.25, 0.3) is 16.9 Å². The lowest BCUT2D eigenvalue weighted by Gasteiger charge is -2.18. The first-order valence-corrected chi connectivity index (χ1v) is 8.50. The number of aliphatic hydroxyl groups is 1. The standard InChI is InChI=1S/C20H18FN5O/c1-25(12-15-4-7-18(21)22-10-15)20-9-8-19-23-11-17(26(19)24-20)16-5-2-14(13-27)3-6-16/h2-11,27H,12-13H2,1H3. The molecule has 0 fully saturated rings. The summed E-state index contributed by atoms with van der Waals surface area (Å²) in [6.45, 7) is 0.569. The SMILES string of the molecule is CN(Cc1ccc(F)nc1)c1ccc2ncc(-c3ccc(CO)cc3)n2n1. The number of hydrogen-bond acceptors (Lipinski definition) is 5. The van der Waals surface area contributed by atoms with Crippen LogP contribution >= 0.6 is 0 Å². The van der Waals surface area contributed by atoms with E-state index in [1.165, 1.54) is 12.3 Å². The summed E-state index contributed by atoms with van der Waals surface area (Å²) >= 11 is 0. The molecule has 0 radical (unpaired) electrons. The van der Waals surface area contributed by atoms with E-state index in [1.807, 2.05) is 48.3 Å². The molecule has 0 saturated heterocycles. The van der Waals surface area contributed by atoms with Crippen LogP contribution in [0.15, 0.2) is 60.9 Å².